The first-order valence-corrected chi connectivity index (χ1v) is 11.4. The first kappa shape index (κ1) is 20.5. The van der Waals surface area contributed by atoms with E-state index in [9.17, 15) is 4.79 Å². The summed E-state index contributed by atoms with van der Waals surface area (Å²) in [4.78, 5) is 24.2. The zero-order valence-electron chi connectivity index (χ0n) is 17.3. The van der Waals surface area contributed by atoms with Gasteiger partial charge in [0, 0.05) is 25.2 Å². The molecule has 3 aromatic rings. The highest BCUT2D eigenvalue weighted by Gasteiger charge is 2.19. The van der Waals surface area contributed by atoms with Gasteiger partial charge < -0.3 is 15.0 Å². The first-order chi connectivity index (χ1) is 14.7. The average Bonchev–Trinajstić information content (AvgIpc) is 3.21. The molecule has 1 aliphatic rings. The minimum atomic E-state index is -0.123. The van der Waals surface area contributed by atoms with Crippen molar-refractivity contribution in [3.8, 4) is 5.75 Å². The fourth-order valence-corrected chi connectivity index (χ4v) is 4.00. The van der Waals surface area contributed by atoms with Crippen molar-refractivity contribution < 1.29 is 9.53 Å². The Bertz CT molecular complexity index is 1010. The van der Waals surface area contributed by atoms with Crippen molar-refractivity contribution in [1.82, 2.24) is 25.1 Å². The number of carbonyl (C=O) groups excluding carboxylic acids is 1. The number of carbonyl (C=O) groups is 1. The quantitative estimate of drug-likeness (QED) is 0.459. The SMILES string of the molecule is COc1ccc(C(=O)NCCn2ncc3c(N4CCCCC4)nc(SC)nc32)cc1. The maximum Gasteiger partial charge on any atom is 0.251 e. The molecule has 0 radical (unpaired) electrons. The highest BCUT2D eigenvalue weighted by molar-refractivity contribution is 7.98. The molecule has 0 unspecified atom stereocenters. The number of ether oxygens (including phenoxy) is 1. The lowest BCUT2D eigenvalue weighted by molar-refractivity contribution is 0.0952. The summed E-state index contributed by atoms with van der Waals surface area (Å²) in [5.41, 5.74) is 1.41. The number of amides is 1. The summed E-state index contributed by atoms with van der Waals surface area (Å²) in [7, 11) is 1.60. The van der Waals surface area contributed by atoms with E-state index in [2.05, 4.69) is 20.3 Å². The van der Waals surface area contributed by atoms with Gasteiger partial charge in [-0.25, -0.2) is 14.6 Å². The molecule has 0 bridgehead atoms. The van der Waals surface area contributed by atoms with Crippen LogP contribution < -0.4 is 15.0 Å². The van der Waals surface area contributed by atoms with E-state index in [0.29, 0.717) is 18.7 Å². The Balaban J connectivity index is 1.48. The molecule has 1 N–H and O–H groups in total. The summed E-state index contributed by atoms with van der Waals surface area (Å²) in [5, 5.41) is 9.19. The van der Waals surface area contributed by atoms with E-state index in [1.54, 1.807) is 31.4 Å². The van der Waals surface area contributed by atoms with E-state index in [0.717, 1.165) is 40.8 Å². The number of fused-ring (bicyclic) bond motifs is 1. The highest BCUT2D eigenvalue weighted by Crippen LogP contribution is 2.28. The number of hydrogen-bond donors (Lipinski definition) is 1. The van der Waals surface area contributed by atoms with Crippen LogP contribution in [0.15, 0.2) is 35.6 Å². The maximum atomic E-state index is 12.4. The largest absolute Gasteiger partial charge is 0.497 e. The summed E-state index contributed by atoms with van der Waals surface area (Å²) >= 11 is 1.53. The van der Waals surface area contributed by atoms with E-state index in [1.165, 1.54) is 31.0 Å². The van der Waals surface area contributed by atoms with Crippen molar-refractivity contribution in [2.45, 2.75) is 31.0 Å². The van der Waals surface area contributed by atoms with Crippen molar-refractivity contribution in [2.24, 2.45) is 0 Å². The van der Waals surface area contributed by atoms with Crippen LogP contribution in [0.1, 0.15) is 29.6 Å². The van der Waals surface area contributed by atoms with Crippen LogP contribution in [0.2, 0.25) is 0 Å². The van der Waals surface area contributed by atoms with Crippen LogP contribution in [0.4, 0.5) is 5.82 Å². The lowest BCUT2D eigenvalue weighted by atomic mass is 10.1. The van der Waals surface area contributed by atoms with Crippen LogP contribution in [0, 0.1) is 0 Å². The Morgan fingerprint density at radius 3 is 2.63 bits per heavy atom. The molecule has 8 nitrogen and oxygen atoms in total. The molecule has 2 aromatic heterocycles. The molecule has 30 heavy (non-hydrogen) atoms. The van der Waals surface area contributed by atoms with Gasteiger partial charge in [0.2, 0.25) is 0 Å². The average molecular weight is 427 g/mol. The standard InChI is InChI=1S/C21H26N6O2S/c1-29-16-8-6-15(7-9-16)20(28)22-10-13-27-19-17(14-23-27)18(24-21(25-19)30-2)26-11-4-3-5-12-26/h6-9,14H,3-5,10-13H2,1-2H3,(H,22,28). The van der Waals surface area contributed by atoms with Gasteiger partial charge in [-0.05, 0) is 49.8 Å². The van der Waals surface area contributed by atoms with Gasteiger partial charge in [0.25, 0.3) is 5.91 Å². The van der Waals surface area contributed by atoms with Crippen molar-refractivity contribution in [3.05, 3.63) is 36.0 Å². The van der Waals surface area contributed by atoms with Crippen LogP contribution in [0.3, 0.4) is 0 Å². The van der Waals surface area contributed by atoms with E-state index in [4.69, 9.17) is 9.72 Å². The minimum Gasteiger partial charge on any atom is -0.497 e. The number of aromatic nitrogens is 4. The van der Waals surface area contributed by atoms with E-state index < -0.39 is 0 Å². The van der Waals surface area contributed by atoms with Crippen molar-refractivity contribution in [3.63, 3.8) is 0 Å². The number of rotatable bonds is 7. The third kappa shape index (κ3) is 4.35. The Hall–Kier alpha value is -2.81. The lowest BCUT2D eigenvalue weighted by Gasteiger charge is -2.28. The maximum absolute atomic E-state index is 12.4. The van der Waals surface area contributed by atoms with Gasteiger partial charge in [-0.15, -0.1) is 0 Å². The molecule has 1 saturated heterocycles. The number of anilines is 1. The van der Waals surface area contributed by atoms with Crippen LogP contribution in [0.5, 0.6) is 5.75 Å². The number of piperidine rings is 1. The summed E-state index contributed by atoms with van der Waals surface area (Å²) in [6, 6.07) is 7.05. The summed E-state index contributed by atoms with van der Waals surface area (Å²) < 4.78 is 6.98. The summed E-state index contributed by atoms with van der Waals surface area (Å²) in [5.74, 6) is 1.57. The molecular weight excluding hydrogens is 400 g/mol. The zero-order chi connectivity index (χ0) is 20.9. The van der Waals surface area contributed by atoms with Gasteiger partial charge >= 0.3 is 0 Å². The van der Waals surface area contributed by atoms with Crippen LogP contribution in [0.25, 0.3) is 11.0 Å². The topological polar surface area (TPSA) is 85.2 Å². The summed E-state index contributed by atoms with van der Waals surface area (Å²) in [6.07, 6.45) is 7.47. The van der Waals surface area contributed by atoms with Gasteiger partial charge in [0.05, 0.1) is 25.2 Å². The first-order valence-electron chi connectivity index (χ1n) is 10.1. The molecule has 4 rings (SSSR count). The molecule has 158 valence electrons. The van der Waals surface area contributed by atoms with E-state index >= 15 is 0 Å². The van der Waals surface area contributed by atoms with Crippen LogP contribution in [-0.2, 0) is 6.54 Å². The number of nitrogens with zero attached hydrogens (tertiary/aromatic N) is 5. The molecule has 0 spiro atoms. The fraction of sp³-hybridized carbons (Fsp3) is 0.429. The summed E-state index contributed by atoms with van der Waals surface area (Å²) in [6.45, 7) is 3.03. The third-order valence-corrected chi connectivity index (χ3v) is 5.80. The second-order valence-electron chi connectivity index (χ2n) is 7.17. The molecule has 0 aliphatic carbocycles. The van der Waals surface area contributed by atoms with Crippen molar-refractivity contribution >= 4 is 34.5 Å². The Morgan fingerprint density at radius 1 is 1.17 bits per heavy atom. The second kappa shape index (κ2) is 9.34. The number of benzene rings is 1. The Labute approximate surface area is 180 Å². The monoisotopic (exact) mass is 426 g/mol. The third-order valence-electron chi connectivity index (χ3n) is 5.26. The Morgan fingerprint density at radius 2 is 1.93 bits per heavy atom. The van der Waals surface area contributed by atoms with Gasteiger partial charge in [0.1, 0.15) is 11.6 Å². The number of methoxy groups -OCH3 is 1. The Kier molecular flexibility index (Phi) is 6.37. The smallest absolute Gasteiger partial charge is 0.251 e. The molecule has 1 amide bonds. The number of hydrogen-bond acceptors (Lipinski definition) is 7. The molecule has 1 aliphatic heterocycles. The lowest BCUT2D eigenvalue weighted by Crippen LogP contribution is -2.30. The zero-order valence-corrected chi connectivity index (χ0v) is 18.1. The van der Waals surface area contributed by atoms with Crippen molar-refractivity contribution in [2.75, 3.05) is 37.9 Å². The predicted molar refractivity (Wildman–Crippen MR) is 118 cm³/mol. The van der Waals surface area contributed by atoms with Gasteiger partial charge in [-0.2, -0.15) is 5.10 Å². The van der Waals surface area contributed by atoms with Gasteiger partial charge in [0.15, 0.2) is 10.8 Å². The molecule has 3 heterocycles. The highest BCUT2D eigenvalue weighted by atomic mass is 32.2. The molecule has 0 atom stereocenters. The normalized spacial score (nSPS) is 14.1. The fourth-order valence-electron chi connectivity index (χ4n) is 3.64. The molecular formula is C21H26N6O2S. The van der Waals surface area contributed by atoms with Gasteiger partial charge in [-0.1, -0.05) is 11.8 Å². The predicted octanol–water partition coefficient (Wildman–Crippen LogP) is 2.98. The van der Waals surface area contributed by atoms with E-state index in [1.807, 2.05) is 17.1 Å². The minimum absolute atomic E-state index is 0.123. The molecule has 1 aromatic carbocycles. The molecule has 0 saturated carbocycles. The molecule has 1 fully saturated rings. The van der Waals surface area contributed by atoms with Crippen LogP contribution >= 0.6 is 11.8 Å². The van der Waals surface area contributed by atoms with Crippen LogP contribution in [-0.4, -0.2) is 58.7 Å². The molecule has 9 heteroatoms. The van der Waals surface area contributed by atoms with Gasteiger partial charge in [-0.3, -0.25) is 4.79 Å². The van der Waals surface area contributed by atoms with Crippen molar-refractivity contribution in [1.29, 1.82) is 0 Å². The number of nitrogens with one attached hydrogen (secondary N) is 1. The second-order valence-corrected chi connectivity index (χ2v) is 7.94. The van der Waals surface area contributed by atoms with E-state index in [-0.39, 0.29) is 5.91 Å². The number of thioether (sulfide) groups is 1.